The van der Waals surface area contributed by atoms with Crippen molar-refractivity contribution >= 4 is 11.9 Å². The number of carbonyl (C=O) groups is 2. The average Bonchev–Trinajstić information content (AvgIpc) is 2.44. The minimum atomic E-state index is -1.55. The summed E-state index contributed by atoms with van der Waals surface area (Å²) >= 11 is 0. The van der Waals surface area contributed by atoms with E-state index in [2.05, 4.69) is 27.4 Å². The van der Waals surface area contributed by atoms with Crippen LogP contribution in [0.5, 0.6) is 0 Å². The van der Waals surface area contributed by atoms with Crippen LogP contribution in [-0.4, -0.2) is 35.4 Å². The minimum Gasteiger partial charge on any atom is -0.462 e. The van der Waals surface area contributed by atoms with Crippen LogP contribution in [0.15, 0.2) is 12.2 Å². The van der Waals surface area contributed by atoms with Crippen molar-refractivity contribution in [3.05, 3.63) is 12.2 Å². The highest BCUT2D eigenvalue weighted by Crippen LogP contribution is 2.61. The molecule has 0 spiro atoms. The molecule has 136 valence electrons. The first-order valence-corrected chi connectivity index (χ1v) is 8.66. The van der Waals surface area contributed by atoms with Crippen molar-refractivity contribution in [2.24, 2.45) is 16.7 Å². The van der Waals surface area contributed by atoms with Crippen molar-refractivity contribution in [2.45, 2.75) is 72.0 Å². The number of esters is 2. The fraction of sp³-hybridized carbons (Fsp3) is 0.789. The lowest BCUT2D eigenvalue weighted by Crippen LogP contribution is -2.62. The SMILES string of the molecule is C=C1[C@@]2(C)CCCC(C)(C)[C@@H]2C[C@@H](OC(C)=O)[C@]1(O)COC(C)=O. The fourth-order valence-electron chi connectivity index (χ4n) is 4.90. The Bertz CT molecular complexity index is 552. The van der Waals surface area contributed by atoms with Gasteiger partial charge >= 0.3 is 11.9 Å². The summed E-state index contributed by atoms with van der Waals surface area (Å²) in [5.74, 6) is -0.687. The highest BCUT2D eigenvalue weighted by Gasteiger charge is 2.61. The molecule has 2 rings (SSSR count). The third kappa shape index (κ3) is 3.10. The zero-order valence-electron chi connectivity index (χ0n) is 15.5. The maximum absolute atomic E-state index is 11.6. The highest BCUT2D eigenvalue weighted by molar-refractivity contribution is 5.67. The van der Waals surface area contributed by atoms with Gasteiger partial charge in [0, 0.05) is 13.8 Å². The van der Waals surface area contributed by atoms with Gasteiger partial charge in [0.15, 0.2) is 5.60 Å². The Morgan fingerprint density at radius 1 is 1.21 bits per heavy atom. The second-order valence-corrected chi connectivity index (χ2v) is 8.33. The normalized spacial score (nSPS) is 38.2. The Morgan fingerprint density at radius 2 is 1.83 bits per heavy atom. The molecule has 5 heteroatoms. The Hall–Kier alpha value is -1.36. The summed E-state index contributed by atoms with van der Waals surface area (Å²) in [7, 11) is 0. The van der Waals surface area contributed by atoms with Gasteiger partial charge in [-0.3, -0.25) is 9.59 Å². The first kappa shape index (κ1) is 19.0. The Labute approximate surface area is 144 Å². The number of hydrogen-bond acceptors (Lipinski definition) is 5. The molecule has 0 aromatic rings. The summed E-state index contributed by atoms with van der Waals surface area (Å²) < 4.78 is 10.6. The van der Waals surface area contributed by atoms with Gasteiger partial charge < -0.3 is 14.6 Å². The van der Waals surface area contributed by atoms with E-state index < -0.39 is 23.6 Å². The summed E-state index contributed by atoms with van der Waals surface area (Å²) in [6.45, 7) is 13.2. The molecule has 0 heterocycles. The lowest BCUT2D eigenvalue weighted by Gasteiger charge is -2.60. The van der Waals surface area contributed by atoms with Crippen LogP contribution in [0.25, 0.3) is 0 Å². The second-order valence-electron chi connectivity index (χ2n) is 8.33. The number of ether oxygens (including phenoxy) is 2. The standard InChI is InChI=1S/C19H30O5/c1-12-18(6)9-7-8-17(4,5)15(18)10-16(24-14(3)21)19(12,22)11-23-13(2)20/h15-16,22H,1,7-11H2,2-6H3/t15-,16+,18+,19-/m0/s1. The van der Waals surface area contributed by atoms with E-state index in [0.717, 1.165) is 19.3 Å². The topological polar surface area (TPSA) is 72.8 Å². The van der Waals surface area contributed by atoms with Crippen molar-refractivity contribution < 1.29 is 24.2 Å². The van der Waals surface area contributed by atoms with Crippen LogP contribution < -0.4 is 0 Å². The molecule has 24 heavy (non-hydrogen) atoms. The maximum Gasteiger partial charge on any atom is 0.303 e. The number of rotatable bonds is 3. The van der Waals surface area contributed by atoms with E-state index in [1.807, 2.05) is 0 Å². The van der Waals surface area contributed by atoms with E-state index in [-0.39, 0.29) is 23.4 Å². The zero-order valence-corrected chi connectivity index (χ0v) is 15.5. The van der Waals surface area contributed by atoms with Crippen LogP contribution in [0.2, 0.25) is 0 Å². The zero-order chi connectivity index (χ0) is 18.3. The van der Waals surface area contributed by atoms with Gasteiger partial charge in [0.2, 0.25) is 0 Å². The Kier molecular flexibility index (Phi) is 4.88. The summed E-state index contributed by atoms with van der Waals surface area (Å²) in [5, 5.41) is 11.3. The van der Waals surface area contributed by atoms with E-state index in [9.17, 15) is 14.7 Å². The van der Waals surface area contributed by atoms with Gasteiger partial charge in [-0.25, -0.2) is 0 Å². The van der Waals surface area contributed by atoms with Gasteiger partial charge in [0.25, 0.3) is 0 Å². The fourth-order valence-corrected chi connectivity index (χ4v) is 4.90. The van der Waals surface area contributed by atoms with Gasteiger partial charge in [0.05, 0.1) is 0 Å². The van der Waals surface area contributed by atoms with Crippen LogP contribution in [0.4, 0.5) is 0 Å². The number of fused-ring (bicyclic) bond motifs is 1. The molecule has 5 nitrogen and oxygen atoms in total. The van der Waals surface area contributed by atoms with Gasteiger partial charge in [0.1, 0.15) is 12.7 Å². The molecule has 1 N–H and O–H groups in total. The lowest BCUT2D eigenvalue weighted by molar-refractivity contribution is -0.192. The molecule has 2 fully saturated rings. The second kappa shape index (κ2) is 6.17. The van der Waals surface area contributed by atoms with Crippen LogP contribution >= 0.6 is 0 Å². The van der Waals surface area contributed by atoms with E-state index in [1.54, 1.807) is 0 Å². The van der Waals surface area contributed by atoms with E-state index in [4.69, 9.17) is 9.47 Å². The number of hydrogen-bond donors (Lipinski definition) is 1. The van der Waals surface area contributed by atoms with E-state index in [1.165, 1.54) is 13.8 Å². The molecule has 0 radical (unpaired) electrons. The quantitative estimate of drug-likeness (QED) is 0.632. The van der Waals surface area contributed by atoms with Crippen LogP contribution in [0.3, 0.4) is 0 Å². The predicted octanol–water partition coefficient (Wildman–Crippen LogP) is 3.00. The number of carbonyl (C=O) groups excluding carboxylic acids is 2. The van der Waals surface area contributed by atoms with Crippen LogP contribution in [-0.2, 0) is 19.1 Å². The smallest absolute Gasteiger partial charge is 0.303 e. The van der Waals surface area contributed by atoms with Crippen molar-refractivity contribution in [1.29, 1.82) is 0 Å². The minimum absolute atomic E-state index is 0.0666. The monoisotopic (exact) mass is 338 g/mol. The lowest BCUT2D eigenvalue weighted by atomic mass is 9.47. The predicted molar refractivity (Wildman–Crippen MR) is 90.1 cm³/mol. The molecular weight excluding hydrogens is 308 g/mol. The van der Waals surface area contributed by atoms with Crippen molar-refractivity contribution in [3.8, 4) is 0 Å². The molecular formula is C19H30O5. The van der Waals surface area contributed by atoms with Crippen molar-refractivity contribution in [1.82, 2.24) is 0 Å². The first-order valence-electron chi connectivity index (χ1n) is 8.66. The average molecular weight is 338 g/mol. The third-order valence-corrected chi connectivity index (χ3v) is 6.23. The van der Waals surface area contributed by atoms with E-state index in [0.29, 0.717) is 12.0 Å². The summed E-state index contributed by atoms with van der Waals surface area (Å²) in [6.07, 6.45) is 2.86. The molecule has 2 saturated carbocycles. The molecule has 0 aromatic carbocycles. The van der Waals surface area contributed by atoms with Gasteiger partial charge in [-0.2, -0.15) is 0 Å². The summed E-state index contributed by atoms with van der Waals surface area (Å²) in [6, 6.07) is 0. The summed E-state index contributed by atoms with van der Waals surface area (Å²) in [5.41, 5.74) is -1.13. The van der Waals surface area contributed by atoms with Crippen molar-refractivity contribution in [3.63, 3.8) is 0 Å². The molecule has 0 aliphatic heterocycles. The largest absolute Gasteiger partial charge is 0.462 e. The van der Waals surface area contributed by atoms with Gasteiger partial charge in [-0.15, -0.1) is 0 Å². The molecule has 0 unspecified atom stereocenters. The molecule has 2 aliphatic rings. The van der Waals surface area contributed by atoms with Gasteiger partial charge in [-0.05, 0) is 41.6 Å². The van der Waals surface area contributed by atoms with Crippen LogP contribution in [0.1, 0.15) is 60.3 Å². The summed E-state index contributed by atoms with van der Waals surface area (Å²) in [4.78, 5) is 22.8. The molecule has 0 aromatic heterocycles. The first-order chi connectivity index (χ1) is 10.9. The third-order valence-electron chi connectivity index (χ3n) is 6.23. The van der Waals surface area contributed by atoms with Crippen LogP contribution in [0, 0.1) is 16.7 Å². The molecule has 0 amide bonds. The Balaban J connectivity index is 2.43. The molecule has 0 bridgehead atoms. The Morgan fingerprint density at radius 3 is 2.38 bits per heavy atom. The maximum atomic E-state index is 11.6. The van der Waals surface area contributed by atoms with E-state index >= 15 is 0 Å². The van der Waals surface area contributed by atoms with Crippen molar-refractivity contribution in [2.75, 3.05) is 6.61 Å². The molecule has 0 saturated heterocycles. The highest BCUT2D eigenvalue weighted by atomic mass is 16.6. The van der Waals surface area contributed by atoms with Gasteiger partial charge in [-0.1, -0.05) is 33.8 Å². The number of aliphatic hydroxyl groups is 1. The molecule has 2 aliphatic carbocycles. The molecule has 4 atom stereocenters.